The first-order chi connectivity index (χ1) is 6.60. The van der Waals surface area contributed by atoms with Crippen molar-refractivity contribution in [1.29, 1.82) is 0 Å². The maximum atomic E-state index is 13.0. The molecule has 76 valence electrons. The molecule has 0 aromatic heterocycles. The van der Waals surface area contributed by atoms with E-state index in [0.29, 0.717) is 5.69 Å². The highest BCUT2D eigenvalue weighted by molar-refractivity contribution is 7.18. The Morgan fingerprint density at radius 2 is 2.29 bits per heavy atom. The third-order valence-electron chi connectivity index (χ3n) is 1.62. The predicted molar refractivity (Wildman–Crippen MR) is 52.9 cm³/mol. The molecule has 1 unspecified atom stereocenters. The summed E-state index contributed by atoms with van der Waals surface area (Å²) < 4.78 is 17.9. The summed E-state index contributed by atoms with van der Waals surface area (Å²) >= 11 is 0. The smallest absolute Gasteiger partial charge is 0.307 e. The van der Waals surface area contributed by atoms with Gasteiger partial charge >= 0.3 is 5.69 Å². The molecule has 1 aromatic carbocycles. The second kappa shape index (κ2) is 4.19. The number of ether oxygens (including phenoxy) is 1. The molecule has 1 rings (SSSR count). The molecule has 0 radical (unpaired) electrons. The summed E-state index contributed by atoms with van der Waals surface area (Å²) in [5.41, 5.74) is -0.249. The summed E-state index contributed by atoms with van der Waals surface area (Å²) in [4.78, 5) is 9.59. The normalized spacial score (nSPS) is 9.64. The van der Waals surface area contributed by atoms with Gasteiger partial charge in [0.05, 0.1) is 17.7 Å². The van der Waals surface area contributed by atoms with E-state index in [-0.39, 0.29) is 5.75 Å². The van der Waals surface area contributed by atoms with Crippen LogP contribution in [0.25, 0.3) is 0 Å². The fourth-order valence-corrected chi connectivity index (χ4v) is 1.19. The topological polar surface area (TPSA) is 64.4 Å². The molecule has 0 aliphatic carbocycles. The van der Waals surface area contributed by atoms with Crippen molar-refractivity contribution in [3.63, 3.8) is 0 Å². The molecule has 0 fully saturated rings. The van der Waals surface area contributed by atoms with Gasteiger partial charge in [0.25, 0.3) is 0 Å². The van der Waals surface area contributed by atoms with E-state index in [1.165, 1.54) is 7.11 Å². The number of methoxy groups -OCH3 is 1. The van der Waals surface area contributed by atoms with E-state index in [1.807, 2.05) is 0 Å². The Balaban J connectivity index is 3.30. The van der Waals surface area contributed by atoms with E-state index in [4.69, 9.17) is 4.74 Å². The average Bonchev–Trinajstić information content (AvgIpc) is 2.16. The van der Waals surface area contributed by atoms with Gasteiger partial charge in [-0.3, -0.25) is 10.1 Å². The number of hydrogen-bond donors (Lipinski definition) is 1. The van der Waals surface area contributed by atoms with E-state index in [2.05, 4.69) is 14.5 Å². The highest BCUT2D eigenvalue weighted by Gasteiger charge is 2.17. The molecule has 0 spiro atoms. The first-order valence-electron chi connectivity index (χ1n) is 3.58. The molecule has 0 bridgehead atoms. The molecule has 0 saturated heterocycles. The highest BCUT2D eigenvalue weighted by Crippen LogP contribution is 2.32. The van der Waals surface area contributed by atoms with Gasteiger partial charge in [-0.1, -0.05) is 0 Å². The van der Waals surface area contributed by atoms with Crippen molar-refractivity contribution in [2.45, 2.75) is 0 Å². The van der Waals surface area contributed by atoms with Crippen LogP contribution >= 0.6 is 9.39 Å². The molecule has 5 nitrogen and oxygen atoms in total. The van der Waals surface area contributed by atoms with Crippen molar-refractivity contribution >= 4 is 20.8 Å². The van der Waals surface area contributed by atoms with Crippen molar-refractivity contribution < 1.29 is 14.1 Å². The molecule has 0 saturated carbocycles. The van der Waals surface area contributed by atoms with Gasteiger partial charge < -0.3 is 9.82 Å². The lowest BCUT2D eigenvalue weighted by atomic mass is 10.2. The minimum absolute atomic E-state index is 0.211. The van der Waals surface area contributed by atoms with Crippen molar-refractivity contribution in [1.82, 2.24) is 0 Å². The fraction of sp³-hybridized carbons (Fsp3) is 0.143. The maximum absolute atomic E-state index is 13.0. The van der Waals surface area contributed by atoms with Gasteiger partial charge in [0.1, 0.15) is 5.75 Å². The van der Waals surface area contributed by atoms with Crippen LogP contribution in [0.2, 0.25) is 0 Å². The van der Waals surface area contributed by atoms with Crippen LogP contribution in [-0.4, -0.2) is 12.0 Å². The second-order valence-electron chi connectivity index (χ2n) is 2.41. The Hall–Kier alpha value is -1.42. The average molecular weight is 218 g/mol. The minimum Gasteiger partial charge on any atom is -0.494 e. The van der Waals surface area contributed by atoms with Crippen LogP contribution in [0.1, 0.15) is 0 Å². The zero-order valence-electron chi connectivity index (χ0n) is 7.28. The zero-order valence-corrected chi connectivity index (χ0v) is 8.44. The predicted octanol–water partition coefficient (Wildman–Crippen LogP) is 1.94. The van der Waals surface area contributed by atoms with Gasteiger partial charge in [0.15, 0.2) is 0 Å². The lowest BCUT2D eigenvalue weighted by Crippen LogP contribution is -1.96. The van der Waals surface area contributed by atoms with E-state index in [9.17, 15) is 14.5 Å². The number of halogens is 1. The molecule has 1 N–H and O–H groups in total. The molecule has 0 aliphatic heterocycles. The Bertz CT molecular complexity index is 372. The van der Waals surface area contributed by atoms with Crippen LogP contribution in [0.15, 0.2) is 12.1 Å². The fourth-order valence-electron chi connectivity index (χ4n) is 0.965. The minimum atomic E-state index is -0.921. The molecule has 14 heavy (non-hydrogen) atoms. The summed E-state index contributed by atoms with van der Waals surface area (Å²) in [6.45, 7) is 0. The second-order valence-corrected chi connectivity index (χ2v) is 2.69. The largest absolute Gasteiger partial charge is 0.494 e. The monoisotopic (exact) mass is 218 g/mol. The summed E-state index contributed by atoms with van der Waals surface area (Å²) in [6, 6.07) is 2.03. The number of benzene rings is 1. The summed E-state index contributed by atoms with van der Waals surface area (Å²) in [5, 5.41) is 13.0. The highest BCUT2D eigenvalue weighted by atomic mass is 31.0. The standard InChI is InChI=1S/C7H8FN2O3P/c1-13-7-2-4(8)6(10(11)12)3-5(7)9-14/h2-3,9H,14H2,1H3. The van der Waals surface area contributed by atoms with Crippen LogP contribution in [0, 0.1) is 15.9 Å². The number of rotatable bonds is 3. The lowest BCUT2D eigenvalue weighted by molar-refractivity contribution is -0.387. The van der Waals surface area contributed by atoms with Crippen LogP contribution < -0.4 is 9.82 Å². The quantitative estimate of drug-likeness (QED) is 0.478. The van der Waals surface area contributed by atoms with Crippen molar-refractivity contribution in [3.8, 4) is 5.75 Å². The van der Waals surface area contributed by atoms with Crippen LogP contribution in [0.4, 0.5) is 15.8 Å². The van der Waals surface area contributed by atoms with E-state index in [1.54, 1.807) is 0 Å². The van der Waals surface area contributed by atoms with Crippen molar-refractivity contribution in [3.05, 3.63) is 28.1 Å². The first kappa shape index (κ1) is 10.7. The Labute approximate surface area is 81.7 Å². The molecule has 0 amide bonds. The maximum Gasteiger partial charge on any atom is 0.307 e. The number of nitro benzene ring substituents is 1. The zero-order chi connectivity index (χ0) is 10.7. The first-order valence-corrected chi connectivity index (χ1v) is 4.16. The number of nitrogens with zero attached hydrogens (tertiary/aromatic N) is 1. The molecule has 1 aromatic rings. The number of hydrogen-bond acceptors (Lipinski definition) is 4. The summed E-state index contributed by atoms with van der Waals surface area (Å²) in [7, 11) is 3.51. The van der Waals surface area contributed by atoms with Gasteiger partial charge in [-0.25, -0.2) is 0 Å². The molecular weight excluding hydrogens is 210 g/mol. The third kappa shape index (κ3) is 1.90. The van der Waals surface area contributed by atoms with Gasteiger partial charge in [-0.2, -0.15) is 4.39 Å². The van der Waals surface area contributed by atoms with Crippen LogP contribution in [-0.2, 0) is 0 Å². The van der Waals surface area contributed by atoms with Gasteiger partial charge in [0, 0.05) is 12.1 Å². The Morgan fingerprint density at radius 3 is 2.71 bits per heavy atom. The number of nitro groups is 1. The summed E-state index contributed by atoms with van der Waals surface area (Å²) in [6.07, 6.45) is 0. The Kier molecular flexibility index (Phi) is 3.19. The Morgan fingerprint density at radius 1 is 1.64 bits per heavy atom. The molecule has 0 aliphatic rings. The van der Waals surface area contributed by atoms with Gasteiger partial charge in [0.2, 0.25) is 5.82 Å². The van der Waals surface area contributed by atoms with Crippen LogP contribution in [0.5, 0.6) is 5.75 Å². The van der Waals surface area contributed by atoms with E-state index >= 15 is 0 Å². The molecule has 1 atom stereocenters. The molecular formula is C7H8FN2O3P. The van der Waals surface area contributed by atoms with E-state index in [0.717, 1.165) is 12.1 Å². The van der Waals surface area contributed by atoms with Crippen molar-refractivity contribution in [2.75, 3.05) is 12.2 Å². The SMILES string of the molecule is COc1cc(F)c([N+](=O)[O-])cc1NP. The molecule has 0 heterocycles. The summed E-state index contributed by atoms with van der Waals surface area (Å²) in [5.74, 6) is -0.709. The third-order valence-corrected chi connectivity index (χ3v) is 1.93. The van der Waals surface area contributed by atoms with Gasteiger partial charge in [-0.05, 0) is 9.39 Å². The van der Waals surface area contributed by atoms with Crippen LogP contribution in [0.3, 0.4) is 0 Å². The van der Waals surface area contributed by atoms with Crippen molar-refractivity contribution in [2.24, 2.45) is 0 Å². The van der Waals surface area contributed by atoms with Gasteiger partial charge in [-0.15, -0.1) is 0 Å². The number of anilines is 1. The van der Waals surface area contributed by atoms with E-state index < -0.39 is 16.4 Å². The molecule has 7 heteroatoms. The number of nitrogens with one attached hydrogen (secondary N) is 1. The lowest BCUT2D eigenvalue weighted by Gasteiger charge is -2.07.